The summed E-state index contributed by atoms with van der Waals surface area (Å²) in [5, 5.41) is 3.00. The van der Waals surface area contributed by atoms with Crippen LogP contribution in [0.4, 0.5) is 5.69 Å². The first-order chi connectivity index (χ1) is 20.6. The van der Waals surface area contributed by atoms with Crippen molar-refractivity contribution >= 4 is 17.5 Å². The molecule has 8 heteroatoms. The second-order valence-electron chi connectivity index (χ2n) is 9.97. The van der Waals surface area contributed by atoms with Crippen molar-refractivity contribution in [3.63, 3.8) is 0 Å². The number of carbonyl (C=O) groups is 2. The van der Waals surface area contributed by atoms with Crippen LogP contribution in [0.3, 0.4) is 0 Å². The predicted octanol–water partition coefficient (Wildman–Crippen LogP) is 5.71. The summed E-state index contributed by atoms with van der Waals surface area (Å²) in [6.45, 7) is 1.18. The molecule has 1 aliphatic rings. The number of nitrogens with zero attached hydrogens (tertiary/aromatic N) is 3. The van der Waals surface area contributed by atoms with Gasteiger partial charge in [-0.3, -0.25) is 14.6 Å². The van der Waals surface area contributed by atoms with Crippen LogP contribution in [0.15, 0.2) is 103 Å². The quantitative estimate of drug-likeness (QED) is 0.277. The molecule has 1 aliphatic heterocycles. The standard InChI is InChI=1S/C34H30N4O4/c1-41-31-10-6-4-8-27(31)28-13-11-24(19-32(28)42-2)34(40)38-22-26-12-14-30(33(39)36-20-23-15-17-35-18-16-23)37(26)21-25-7-3-5-9-29(25)38/h3-19H,20-22H2,1-2H3,(H,36,39). The van der Waals surface area contributed by atoms with Crippen molar-refractivity contribution in [2.45, 2.75) is 19.6 Å². The van der Waals surface area contributed by atoms with Gasteiger partial charge in [0.1, 0.15) is 17.2 Å². The molecule has 2 amide bonds. The van der Waals surface area contributed by atoms with Crippen LogP contribution in [0.5, 0.6) is 11.5 Å². The fourth-order valence-electron chi connectivity index (χ4n) is 5.38. The number of aromatic nitrogens is 2. The molecule has 2 aromatic heterocycles. The zero-order valence-electron chi connectivity index (χ0n) is 23.4. The van der Waals surface area contributed by atoms with E-state index in [1.807, 2.05) is 89.5 Å². The van der Waals surface area contributed by atoms with Crippen LogP contribution in [0.1, 0.15) is 37.7 Å². The zero-order chi connectivity index (χ0) is 29.1. The molecule has 8 nitrogen and oxygen atoms in total. The Balaban J connectivity index is 1.32. The molecule has 0 saturated carbocycles. The largest absolute Gasteiger partial charge is 0.496 e. The summed E-state index contributed by atoms with van der Waals surface area (Å²) in [6, 6.07) is 28.5. The lowest BCUT2D eigenvalue weighted by Crippen LogP contribution is -2.30. The fourth-order valence-corrected chi connectivity index (χ4v) is 5.38. The summed E-state index contributed by atoms with van der Waals surface area (Å²) >= 11 is 0. The number of fused-ring (bicyclic) bond motifs is 2. The Morgan fingerprint density at radius 2 is 1.55 bits per heavy atom. The van der Waals surface area contributed by atoms with Crippen molar-refractivity contribution in [3.05, 3.63) is 131 Å². The average molecular weight is 559 g/mol. The van der Waals surface area contributed by atoms with Crippen molar-refractivity contribution in [1.29, 1.82) is 0 Å². The Morgan fingerprint density at radius 1 is 0.810 bits per heavy atom. The molecule has 0 unspecified atom stereocenters. The maximum Gasteiger partial charge on any atom is 0.268 e. The van der Waals surface area contributed by atoms with Gasteiger partial charge in [-0.15, -0.1) is 0 Å². The molecule has 0 aliphatic carbocycles. The number of amides is 2. The normalized spacial score (nSPS) is 12.1. The zero-order valence-corrected chi connectivity index (χ0v) is 23.4. The van der Waals surface area contributed by atoms with Crippen LogP contribution in [0, 0.1) is 0 Å². The van der Waals surface area contributed by atoms with E-state index in [-0.39, 0.29) is 11.8 Å². The first-order valence-corrected chi connectivity index (χ1v) is 13.6. The molecule has 3 aromatic carbocycles. The van der Waals surface area contributed by atoms with Gasteiger partial charge < -0.3 is 24.3 Å². The number of para-hydroxylation sites is 2. The van der Waals surface area contributed by atoms with E-state index < -0.39 is 0 Å². The topological polar surface area (TPSA) is 85.7 Å². The minimum Gasteiger partial charge on any atom is -0.496 e. The van der Waals surface area contributed by atoms with E-state index in [1.54, 1.807) is 37.6 Å². The maximum absolute atomic E-state index is 14.1. The van der Waals surface area contributed by atoms with Gasteiger partial charge in [0.2, 0.25) is 0 Å². The number of methoxy groups -OCH3 is 2. The highest BCUT2D eigenvalue weighted by Crippen LogP contribution is 2.38. The van der Waals surface area contributed by atoms with Crippen LogP contribution in [-0.4, -0.2) is 35.6 Å². The molecule has 210 valence electrons. The maximum atomic E-state index is 14.1. The van der Waals surface area contributed by atoms with Gasteiger partial charge >= 0.3 is 0 Å². The first kappa shape index (κ1) is 26.8. The second-order valence-corrected chi connectivity index (χ2v) is 9.97. The number of hydrogen-bond donors (Lipinski definition) is 1. The van der Waals surface area contributed by atoms with Crippen LogP contribution >= 0.6 is 0 Å². The lowest BCUT2D eigenvalue weighted by Gasteiger charge is -2.23. The molecule has 0 atom stereocenters. The summed E-state index contributed by atoms with van der Waals surface area (Å²) in [4.78, 5) is 33.1. The van der Waals surface area contributed by atoms with Crippen molar-refractivity contribution < 1.29 is 19.1 Å². The Bertz CT molecular complexity index is 1760. The smallest absolute Gasteiger partial charge is 0.268 e. The summed E-state index contributed by atoms with van der Waals surface area (Å²) in [7, 11) is 3.23. The number of nitrogens with one attached hydrogen (secondary N) is 1. The van der Waals surface area contributed by atoms with Crippen molar-refractivity contribution in [2.24, 2.45) is 0 Å². The molecule has 0 spiro atoms. The van der Waals surface area contributed by atoms with Gasteiger partial charge in [-0.1, -0.05) is 36.4 Å². The third kappa shape index (κ3) is 5.10. The van der Waals surface area contributed by atoms with E-state index in [1.165, 1.54) is 0 Å². The van der Waals surface area contributed by atoms with E-state index in [9.17, 15) is 9.59 Å². The highest BCUT2D eigenvalue weighted by atomic mass is 16.5. The summed E-state index contributed by atoms with van der Waals surface area (Å²) in [5.74, 6) is 0.959. The van der Waals surface area contributed by atoms with Crippen molar-refractivity contribution in [2.75, 3.05) is 19.1 Å². The number of rotatable bonds is 7. The van der Waals surface area contributed by atoms with E-state index in [2.05, 4.69) is 10.3 Å². The molecule has 0 bridgehead atoms. The van der Waals surface area contributed by atoms with E-state index >= 15 is 0 Å². The van der Waals surface area contributed by atoms with Gasteiger partial charge in [0, 0.05) is 47.0 Å². The number of ether oxygens (including phenoxy) is 2. The molecule has 0 fully saturated rings. The minimum absolute atomic E-state index is 0.161. The molecule has 42 heavy (non-hydrogen) atoms. The third-order valence-electron chi connectivity index (χ3n) is 7.53. The lowest BCUT2D eigenvalue weighted by molar-refractivity contribution is 0.0941. The van der Waals surface area contributed by atoms with Crippen molar-refractivity contribution in [1.82, 2.24) is 14.9 Å². The van der Waals surface area contributed by atoms with E-state index in [4.69, 9.17) is 9.47 Å². The van der Waals surface area contributed by atoms with Gasteiger partial charge in [0.25, 0.3) is 11.8 Å². The van der Waals surface area contributed by atoms with Crippen LogP contribution in [0.25, 0.3) is 11.1 Å². The summed E-state index contributed by atoms with van der Waals surface area (Å²) in [5.41, 5.74) is 6.34. The molecule has 3 heterocycles. The Labute approximate surface area is 244 Å². The lowest BCUT2D eigenvalue weighted by atomic mass is 10.0. The monoisotopic (exact) mass is 558 g/mol. The number of hydrogen-bond acceptors (Lipinski definition) is 5. The van der Waals surface area contributed by atoms with Crippen LogP contribution in [0.2, 0.25) is 0 Å². The fraction of sp³-hybridized carbons (Fsp3) is 0.147. The second kappa shape index (κ2) is 11.6. The molecule has 0 saturated heterocycles. The number of carbonyl (C=O) groups excluding carboxylic acids is 2. The highest BCUT2D eigenvalue weighted by Gasteiger charge is 2.28. The molecule has 0 radical (unpaired) electrons. The Morgan fingerprint density at radius 3 is 2.36 bits per heavy atom. The van der Waals surface area contributed by atoms with Crippen LogP contribution in [-0.2, 0) is 19.6 Å². The summed E-state index contributed by atoms with van der Waals surface area (Å²) < 4.78 is 13.3. The molecular weight excluding hydrogens is 528 g/mol. The number of anilines is 1. The van der Waals surface area contributed by atoms with Gasteiger partial charge in [-0.25, -0.2) is 0 Å². The highest BCUT2D eigenvalue weighted by molar-refractivity contribution is 6.07. The van der Waals surface area contributed by atoms with Crippen molar-refractivity contribution in [3.8, 4) is 22.6 Å². The van der Waals surface area contributed by atoms with Gasteiger partial charge in [0.15, 0.2) is 0 Å². The predicted molar refractivity (Wildman–Crippen MR) is 161 cm³/mol. The molecule has 6 rings (SSSR count). The molecular formula is C34H30N4O4. The Kier molecular flexibility index (Phi) is 7.43. The molecule has 1 N–H and O–H groups in total. The van der Waals surface area contributed by atoms with E-state index in [0.29, 0.717) is 36.6 Å². The van der Waals surface area contributed by atoms with E-state index in [0.717, 1.165) is 39.4 Å². The van der Waals surface area contributed by atoms with Gasteiger partial charge in [0.05, 0.1) is 27.3 Å². The summed E-state index contributed by atoms with van der Waals surface area (Å²) in [6.07, 6.45) is 3.41. The number of benzene rings is 3. The van der Waals surface area contributed by atoms with Crippen LogP contribution < -0.4 is 19.7 Å². The number of pyridine rings is 1. The minimum atomic E-state index is -0.174. The molecule has 5 aromatic rings. The van der Waals surface area contributed by atoms with Gasteiger partial charge in [-0.05, 0) is 65.7 Å². The van der Waals surface area contributed by atoms with Gasteiger partial charge in [-0.2, -0.15) is 0 Å². The Hall–Kier alpha value is -5.37. The average Bonchev–Trinajstić information content (AvgIpc) is 3.36. The SMILES string of the molecule is COc1ccccc1-c1ccc(C(=O)N2Cc3ccc(C(=O)NCc4ccncc4)n3Cc3ccccc32)cc1OC. The first-order valence-electron chi connectivity index (χ1n) is 13.6. The third-order valence-corrected chi connectivity index (χ3v) is 7.53.